The lowest BCUT2D eigenvalue weighted by atomic mass is 10.2. The molecule has 0 radical (unpaired) electrons. The zero-order valence-corrected chi connectivity index (χ0v) is 8.14. The molecule has 0 amide bonds. The molecule has 0 aliphatic heterocycles. The minimum Gasteiger partial charge on any atom is -0.385 e. The summed E-state index contributed by atoms with van der Waals surface area (Å²) >= 11 is 0. The molecule has 0 N–H and O–H groups in total. The van der Waals surface area contributed by atoms with Gasteiger partial charge >= 0.3 is 6.18 Å². The number of rotatable bonds is 1. The molecule has 0 bridgehead atoms. The molecule has 1 nitrogen and oxygen atoms in total. The first-order valence-electron chi connectivity index (χ1n) is 4.13. The van der Waals surface area contributed by atoms with Crippen molar-refractivity contribution in [3.63, 3.8) is 0 Å². The van der Waals surface area contributed by atoms with Crippen LogP contribution in [0.4, 0.5) is 13.2 Å². The van der Waals surface area contributed by atoms with Crippen molar-refractivity contribution in [2.45, 2.75) is 13.1 Å². The lowest BCUT2D eigenvalue weighted by Crippen LogP contribution is -2.03. The van der Waals surface area contributed by atoms with Crippen molar-refractivity contribution in [1.82, 2.24) is 0 Å². The molecule has 4 heteroatoms. The molecule has 80 valence electrons. The lowest BCUT2D eigenvalue weighted by Gasteiger charge is -2.03. The van der Waals surface area contributed by atoms with Crippen LogP contribution in [0.2, 0.25) is 0 Å². The number of halogens is 3. The Morgan fingerprint density at radius 1 is 1.14 bits per heavy atom. The fourth-order valence-electron chi connectivity index (χ4n) is 0.627. The number of alkyl halides is 3. The van der Waals surface area contributed by atoms with Gasteiger partial charge in [0.05, 0.1) is 5.56 Å². The average Bonchev–Trinajstić information content (AvgIpc) is 2.18. The highest BCUT2D eigenvalue weighted by Gasteiger charge is 2.29. The Bertz CT molecular complexity index is 229. The lowest BCUT2D eigenvalue weighted by molar-refractivity contribution is -0.137. The van der Waals surface area contributed by atoms with E-state index in [1.807, 2.05) is 6.92 Å². The van der Waals surface area contributed by atoms with Crippen LogP contribution in [0.3, 0.4) is 0 Å². The molecule has 0 saturated carbocycles. The monoisotopic (exact) mass is 206 g/mol. The third kappa shape index (κ3) is 5.59. The molecule has 0 heterocycles. The van der Waals surface area contributed by atoms with E-state index in [9.17, 15) is 13.2 Å². The van der Waals surface area contributed by atoms with Crippen molar-refractivity contribution < 1.29 is 17.9 Å². The van der Waals surface area contributed by atoms with E-state index in [1.54, 1.807) is 13.2 Å². The largest absolute Gasteiger partial charge is 0.416 e. The summed E-state index contributed by atoms with van der Waals surface area (Å²) < 4.78 is 39.9. The van der Waals surface area contributed by atoms with Gasteiger partial charge < -0.3 is 4.74 Å². The molecular weight excluding hydrogens is 193 g/mol. The molecule has 14 heavy (non-hydrogen) atoms. The van der Waals surface area contributed by atoms with Gasteiger partial charge in [-0.2, -0.15) is 13.2 Å². The molecular formula is C10H13F3O. The first-order valence-corrected chi connectivity index (χ1v) is 4.13. The van der Waals surface area contributed by atoms with Crippen LogP contribution in [-0.2, 0) is 10.9 Å². The zero-order valence-electron chi connectivity index (χ0n) is 8.14. The molecule has 0 saturated heterocycles. The summed E-state index contributed by atoms with van der Waals surface area (Å²) in [5.41, 5.74) is -0.602. The Balaban J connectivity index is 0.000000364. The summed E-state index contributed by atoms with van der Waals surface area (Å²) in [5.74, 6) is 0. The summed E-state index contributed by atoms with van der Waals surface area (Å²) in [6, 6.07) is 6.36. The number of ether oxygens (including phenoxy) is 1. The minimum absolute atomic E-state index is 0.602. The predicted molar refractivity (Wildman–Crippen MR) is 49.0 cm³/mol. The maximum atomic E-state index is 11.8. The van der Waals surface area contributed by atoms with Gasteiger partial charge in [-0.05, 0) is 6.92 Å². The summed E-state index contributed by atoms with van der Waals surface area (Å²) in [6.45, 7) is 2.78. The molecule has 0 atom stereocenters. The molecule has 0 spiro atoms. The fourth-order valence-corrected chi connectivity index (χ4v) is 0.627. The molecule has 0 aliphatic carbocycles. The van der Waals surface area contributed by atoms with Crippen molar-refractivity contribution in [3.8, 4) is 0 Å². The first kappa shape index (κ1) is 13.0. The second kappa shape index (κ2) is 6.43. The van der Waals surface area contributed by atoms with Gasteiger partial charge in [0.2, 0.25) is 0 Å². The number of hydrogen-bond acceptors (Lipinski definition) is 1. The molecule has 0 fully saturated rings. The van der Waals surface area contributed by atoms with Crippen LogP contribution in [0.5, 0.6) is 0 Å². The van der Waals surface area contributed by atoms with Crippen LogP contribution in [0.1, 0.15) is 12.5 Å². The van der Waals surface area contributed by atoms with Gasteiger partial charge in [0.25, 0.3) is 0 Å². The van der Waals surface area contributed by atoms with E-state index in [4.69, 9.17) is 0 Å². The van der Waals surface area contributed by atoms with Crippen LogP contribution in [0.15, 0.2) is 30.3 Å². The molecule has 1 rings (SSSR count). The normalized spacial score (nSPS) is 10.4. The highest BCUT2D eigenvalue weighted by atomic mass is 19.4. The van der Waals surface area contributed by atoms with Crippen LogP contribution >= 0.6 is 0 Å². The van der Waals surface area contributed by atoms with Gasteiger partial charge in [-0.15, -0.1) is 0 Å². The van der Waals surface area contributed by atoms with Gasteiger partial charge in [-0.3, -0.25) is 0 Å². The molecule has 1 aromatic rings. The maximum Gasteiger partial charge on any atom is 0.416 e. The highest BCUT2D eigenvalue weighted by Crippen LogP contribution is 2.28. The van der Waals surface area contributed by atoms with E-state index in [0.717, 1.165) is 18.7 Å². The predicted octanol–water partition coefficient (Wildman–Crippen LogP) is 3.36. The first-order chi connectivity index (χ1) is 6.52. The van der Waals surface area contributed by atoms with Crippen LogP contribution in [0.25, 0.3) is 0 Å². The molecule has 0 aromatic heterocycles. The SMILES string of the molecule is CCOC.FC(F)(F)c1ccccc1. The second-order valence-electron chi connectivity index (χ2n) is 2.44. The Labute approximate surface area is 81.5 Å². The van der Waals surface area contributed by atoms with Crippen molar-refractivity contribution >= 4 is 0 Å². The summed E-state index contributed by atoms with van der Waals surface area (Å²) in [6.07, 6.45) is -4.21. The van der Waals surface area contributed by atoms with E-state index in [1.165, 1.54) is 12.1 Å². The summed E-state index contributed by atoms with van der Waals surface area (Å²) in [5, 5.41) is 0. The van der Waals surface area contributed by atoms with E-state index in [2.05, 4.69) is 4.74 Å². The van der Waals surface area contributed by atoms with E-state index in [0.29, 0.717) is 0 Å². The number of methoxy groups -OCH3 is 1. The Morgan fingerprint density at radius 2 is 1.57 bits per heavy atom. The average molecular weight is 206 g/mol. The van der Waals surface area contributed by atoms with Crippen LogP contribution in [0, 0.1) is 0 Å². The van der Waals surface area contributed by atoms with Gasteiger partial charge in [-0.1, -0.05) is 30.3 Å². The Kier molecular flexibility index (Phi) is 5.95. The number of hydrogen-bond donors (Lipinski definition) is 0. The van der Waals surface area contributed by atoms with Crippen LogP contribution < -0.4 is 0 Å². The van der Waals surface area contributed by atoms with Crippen molar-refractivity contribution in [1.29, 1.82) is 0 Å². The molecule has 1 aromatic carbocycles. The second-order valence-corrected chi connectivity index (χ2v) is 2.44. The quantitative estimate of drug-likeness (QED) is 0.684. The van der Waals surface area contributed by atoms with Gasteiger partial charge in [0.15, 0.2) is 0 Å². The summed E-state index contributed by atoms with van der Waals surface area (Å²) in [7, 11) is 1.68. The van der Waals surface area contributed by atoms with Crippen molar-refractivity contribution in [3.05, 3.63) is 35.9 Å². The van der Waals surface area contributed by atoms with E-state index >= 15 is 0 Å². The topological polar surface area (TPSA) is 9.23 Å². The maximum absolute atomic E-state index is 11.8. The Hall–Kier alpha value is -1.03. The third-order valence-electron chi connectivity index (χ3n) is 1.39. The summed E-state index contributed by atoms with van der Waals surface area (Å²) in [4.78, 5) is 0. The molecule has 0 aliphatic rings. The molecule has 0 unspecified atom stereocenters. The van der Waals surface area contributed by atoms with Gasteiger partial charge in [-0.25, -0.2) is 0 Å². The smallest absolute Gasteiger partial charge is 0.385 e. The van der Waals surface area contributed by atoms with Crippen molar-refractivity contribution in [2.75, 3.05) is 13.7 Å². The minimum atomic E-state index is -4.21. The number of benzene rings is 1. The standard InChI is InChI=1S/C7H5F3.C3H8O/c8-7(9,10)6-4-2-1-3-5-6;1-3-4-2/h1-5H;3H2,1-2H3. The van der Waals surface area contributed by atoms with Gasteiger partial charge in [0.1, 0.15) is 0 Å². The Morgan fingerprint density at radius 3 is 1.79 bits per heavy atom. The van der Waals surface area contributed by atoms with E-state index in [-0.39, 0.29) is 0 Å². The zero-order chi connectivity index (χ0) is 11.0. The third-order valence-corrected chi connectivity index (χ3v) is 1.39. The highest BCUT2D eigenvalue weighted by molar-refractivity contribution is 5.17. The fraction of sp³-hybridized carbons (Fsp3) is 0.400. The van der Waals surface area contributed by atoms with E-state index < -0.39 is 11.7 Å². The van der Waals surface area contributed by atoms with Gasteiger partial charge in [0, 0.05) is 13.7 Å². The van der Waals surface area contributed by atoms with Crippen molar-refractivity contribution in [2.24, 2.45) is 0 Å². The van der Waals surface area contributed by atoms with Crippen LogP contribution in [-0.4, -0.2) is 13.7 Å².